The van der Waals surface area contributed by atoms with Crippen molar-refractivity contribution < 1.29 is 21.6 Å². The van der Waals surface area contributed by atoms with Gasteiger partial charge in [-0.2, -0.15) is 0 Å². The van der Waals surface area contributed by atoms with Gasteiger partial charge >= 0.3 is 0 Å². The molecule has 0 heterocycles. The minimum absolute atomic E-state index is 0.00410. The molecule has 1 N–H and O–H groups in total. The van der Waals surface area contributed by atoms with Crippen molar-refractivity contribution in [3.05, 3.63) is 54.1 Å². The van der Waals surface area contributed by atoms with Crippen LogP contribution in [0.1, 0.15) is 26.3 Å². The van der Waals surface area contributed by atoms with Gasteiger partial charge in [-0.3, -0.25) is 0 Å². The number of rotatable bonds is 7. The highest BCUT2D eigenvalue weighted by atomic mass is 32.2. The second-order valence-corrected chi connectivity index (χ2v) is 11.0. The SMILES string of the molecule is CC(C)(C)c1ccc(OCCNS(=O)(=O)c2ccc(S(C)(=O)=O)cc2)cc1. The molecular formula is C19H25NO5S2. The number of sulfone groups is 1. The van der Waals surface area contributed by atoms with Crippen LogP contribution in [0.4, 0.5) is 0 Å². The van der Waals surface area contributed by atoms with E-state index in [0.29, 0.717) is 5.75 Å². The summed E-state index contributed by atoms with van der Waals surface area (Å²) >= 11 is 0. The molecule has 0 atom stereocenters. The molecule has 8 heteroatoms. The van der Waals surface area contributed by atoms with E-state index in [2.05, 4.69) is 25.5 Å². The number of hydrogen-bond donors (Lipinski definition) is 1. The molecular weight excluding hydrogens is 386 g/mol. The maximum atomic E-state index is 12.2. The van der Waals surface area contributed by atoms with Gasteiger partial charge in [0.25, 0.3) is 0 Å². The molecule has 0 unspecified atom stereocenters. The molecule has 0 radical (unpaired) electrons. The van der Waals surface area contributed by atoms with Crippen molar-refractivity contribution in [1.82, 2.24) is 4.72 Å². The maximum Gasteiger partial charge on any atom is 0.240 e. The lowest BCUT2D eigenvalue weighted by atomic mass is 9.87. The summed E-state index contributed by atoms with van der Waals surface area (Å²) in [6.07, 6.45) is 1.07. The Hall–Kier alpha value is -1.90. The Morgan fingerprint density at radius 2 is 1.37 bits per heavy atom. The van der Waals surface area contributed by atoms with Crippen molar-refractivity contribution in [2.45, 2.75) is 36.0 Å². The van der Waals surface area contributed by atoms with Crippen LogP contribution in [0, 0.1) is 0 Å². The first-order chi connectivity index (χ1) is 12.4. The first-order valence-corrected chi connectivity index (χ1v) is 11.8. The van der Waals surface area contributed by atoms with E-state index >= 15 is 0 Å². The number of nitrogens with one attached hydrogen (secondary N) is 1. The number of ether oxygens (including phenoxy) is 1. The van der Waals surface area contributed by atoms with Crippen molar-refractivity contribution in [2.75, 3.05) is 19.4 Å². The van der Waals surface area contributed by atoms with Gasteiger partial charge in [-0.15, -0.1) is 0 Å². The standard InChI is InChI=1S/C19H25NO5S2/c1-19(2,3)15-5-7-16(8-6-15)25-14-13-20-27(23,24)18-11-9-17(10-12-18)26(4,21)22/h5-12,20H,13-14H2,1-4H3. The first-order valence-electron chi connectivity index (χ1n) is 8.43. The molecule has 0 saturated heterocycles. The van der Waals surface area contributed by atoms with Crippen LogP contribution in [0.3, 0.4) is 0 Å². The van der Waals surface area contributed by atoms with E-state index in [9.17, 15) is 16.8 Å². The van der Waals surface area contributed by atoms with E-state index < -0.39 is 19.9 Å². The van der Waals surface area contributed by atoms with Gasteiger partial charge in [0, 0.05) is 12.8 Å². The summed E-state index contributed by atoms with van der Waals surface area (Å²) in [5.74, 6) is 0.666. The summed E-state index contributed by atoms with van der Waals surface area (Å²) in [4.78, 5) is 0.0768. The molecule has 0 amide bonds. The zero-order valence-corrected chi connectivity index (χ0v) is 17.5. The zero-order valence-electron chi connectivity index (χ0n) is 15.9. The van der Waals surface area contributed by atoms with Crippen LogP contribution in [0.2, 0.25) is 0 Å². The normalized spacial score (nSPS) is 12.7. The van der Waals surface area contributed by atoms with E-state index in [4.69, 9.17) is 4.74 Å². The molecule has 0 aliphatic carbocycles. The highest BCUT2D eigenvalue weighted by Crippen LogP contribution is 2.24. The van der Waals surface area contributed by atoms with E-state index in [-0.39, 0.29) is 28.4 Å². The predicted octanol–water partition coefficient (Wildman–Crippen LogP) is 2.74. The van der Waals surface area contributed by atoms with Crippen LogP contribution in [0.15, 0.2) is 58.3 Å². The quantitative estimate of drug-likeness (QED) is 0.708. The molecule has 0 bridgehead atoms. The van der Waals surface area contributed by atoms with E-state index in [0.717, 1.165) is 6.26 Å². The molecule has 0 aromatic heterocycles. The maximum absolute atomic E-state index is 12.2. The Kier molecular flexibility index (Phi) is 6.34. The summed E-state index contributed by atoms with van der Waals surface area (Å²) in [5, 5.41) is 0. The van der Waals surface area contributed by atoms with Crippen molar-refractivity contribution in [2.24, 2.45) is 0 Å². The highest BCUT2D eigenvalue weighted by Gasteiger charge is 2.16. The minimum Gasteiger partial charge on any atom is -0.492 e. The summed E-state index contributed by atoms with van der Waals surface area (Å²) in [5.41, 5.74) is 1.24. The van der Waals surface area contributed by atoms with Gasteiger partial charge in [-0.1, -0.05) is 32.9 Å². The average molecular weight is 412 g/mol. The molecule has 0 aliphatic heterocycles. The van der Waals surface area contributed by atoms with Gasteiger partial charge in [0.05, 0.1) is 9.79 Å². The van der Waals surface area contributed by atoms with Crippen LogP contribution in [-0.4, -0.2) is 36.2 Å². The van der Waals surface area contributed by atoms with Crippen molar-refractivity contribution >= 4 is 19.9 Å². The Labute approximate surface area is 161 Å². The van der Waals surface area contributed by atoms with Crippen molar-refractivity contribution in [3.8, 4) is 5.75 Å². The number of sulfonamides is 1. The molecule has 148 valence electrons. The first kappa shape index (κ1) is 21.4. The van der Waals surface area contributed by atoms with E-state index in [1.807, 2.05) is 24.3 Å². The van der Waals surface area contributed by atoms with Crippen LogP contribution in [0.25, 0.3) is 0 Å². The third-order valence-electron chi connectivity index (χ3n) is 3.95. The lowest BCUT2D eigenvalue weighted by molar-refractivity contribution is 0.322. The zero-order chi connectivity index (χ0) is 20.3. The van der Waals surface area contributed by atoms with Crippen molar-refractivity contribution in [1.29, 1.82) is 0 Å². The van der Waals surface area contributed by atoms with Gasteiger partial charge in [0.15, 0.2) is 9.84 Å². The van der Waals surface area contributed by atoms with Crippen LogP contribution < -0.4 is 9.46 Å². The predicted molar refractivity (Wildman–Crippen MR) is 105 cm³/mol. The molecule has 2 aromatic rings. The average Bonchev–Trinajstić information content (AvgIpc) is 2.58. The van der Waals surface area contributed by atoms with Crippen LogP contribution in [-0.2, 0) is 25.3 Å². The minimum atomic E-state index is -3.73. The fourth-order valence-corrected chi connectivity index (χ4v) is 3.99. The van der Waals surface area contributed by atoms with Gasteiger partial charge in [0.1, 0.15) is 12.4 Å². The molecule has 0 aliphatic rings. The largest absolute Gasteiger partial charge is 0.492 e. The molecule has 6 nitrogen and oxygen atoms in total. The smallest absolute Gasteiger partial charge is 0.240 e. The second kappa shape index (κ2) is 8.00. The molecule has 0 fully saturated rings. The second-order valence-electron chi connectivity index (χ2n) is 7.26. The van der Waals surface area contributed by atoms with Crippen molar-refractivity contribution in [3.63, 3.8) is 0 Å². The lowest BCUT2D eigenvalue weighted by Gasteiger charge is -2.19. The number of hydrogen-bond acceptors (Lipinski definition) is 5. The molecule has 27 heavy (non-hydrogen) atoms. The van der Waals surface area contributed by atoms with Gasteiger partial charge in [-0.25, -0.2) is 21.6 Å². The highest BCUT2D eigenvalue weighted by molar-refractivity contribution is 7.90. The van der Waals surface area contributed by atoms with Crippen LogP contribution >= 0.6 is 0 Å². The van der Waals surface area contributed by atoms with Gasteiger partial charge in [-0.05, 0) is 47.4 Å². The Morgan fingerprint density at radius 3 is 1.85 bits per heavy atom. The molecule has 2 rings (SSSR count). The fraction of sp³-hybridized carbons (Fsp3) is 0.368. The summed E-state index contributed by atoms with van der Waals surface area (Å²) < 4.78 is 55.4. The summed E-state index contributed by atoms with van der Waals surface area (Å²) in [6, 6.07) is 12.8. The topological polar surface area (TPSA) is 89.5 Å². The Bertz CT molecular complexity index is 972. The fourth-order valence-electron chi connectivity index (χ4n) is 2.35. The van der Waals surface area contributed by atoms with E-state index in [1.165, 1.54) is 29.8 Å². The lowest BCUT2D eigenvalue weighted by Crippen LogP contribution is -2.28. The van der Waals surface area contributed by atoms with Gasteiger partial charge in [0.2, 0.25) is 10.0 Å². The van der Waals surface area contributed by atoms with Crippen LogP contribution in [0.5, 0.6) is 5.75 Å². The van der Waals surface area contributed by atoms with E-state index in [1.54, 1.807) is 0 Å². The monoisotopic (exact) mass is 411 g/mol. The summed E-state index contributed by atoms with van der Waals surface area (Å²) in [7, 11) is -7.09. The molecule has 0 spiro atoms. The van der Waals surface area contributed by atoms with Gasteiger partial charge < -0.3 is 4.74 Å². The molecule has 2 aromatic carbocycles. The Morgan fingerprint density at radius 1 is 0.852 bits per heavy atom. The molecule has 0 saturated carbocycles. The Balaban J connectivity index is 1.90. The third kappa shape index (κ3) is 6.05. The summed E-state index contributed by atoms with van der Waals surface area (Å²) in [6.45, 7) is 6.65. The third-order valence-corrected chi connectivity index (χ3v) is 6.55. The number of benzene rings is 2.